The molecule has 3 N–H and O–H groups in total. The summed E-state index contributed by atoms with van der Waals surface area (Å²) in [6.07, 6.45) is 3.05. The van der Waals surface area contributed by atoms with Gasteiger partial charge in [-0.05, 0) is 55.7 Å². The molecule has 0 bridgehead atoms. The molecule has 1 aliphatic rings. The van der Waals surface area contributed by atoms with Crippen molar-refractivity contribution >= 4 is 24.2 Å². The van der Waals surface area contributed by atoms with E-state index in [1.165, 1.54) is 12.1 Å². The number of nitrogens with zero attached hydrogens (tertiary/aromatic N) is 1. The van der Waals surface area contributed by atoms with Crippen LogP contribution in [0, 0.1) is 5.82 Å². The number of amides is 2. The van der Waals surface area contributed by atoms with E-state index in [-0.39, 0.29) is 48.3 Å². The van der Waals surface area contributed by atoms with Crippen molar-refractivity contribution in [3.8, 4) is 11.3 Å². The molecule has 1 aromatic heterocycles. The van der Waals surface area contributed by atoms with Crippen LogP contribution in [-0.4, -0.2) is 42.4 Å². The second kappa shape index (κ2) is 10.2. The van der Waals surface area contributed by atoms with Gasteiger partial charge in [0.2, 0.25) is 5.91 Å². The zero-order chi connectivity index (χ0) is 19.2. The second-order valence-electron chi connectivity index (χ2n) is 6.66. The van der Waals surface area contributed by atoms with E-state index in [1.54, 1.807) is 29.2 Å². The van der Waals surface area contributed by atoms with Gasteiger partial charge >= 0.3 is 0 Å². The number of piperidine rings is 1. The number of rotatable bonds is 6. The van der Waals surface area contributed by atoms with E-state index < -0.39 is 0 Å². The Morgan fingerprint density at radius 1 is 1.18 bits per heavy atom. The van der Waals surface area contributed by atoms with Gasteiger partial charge in [-0.2, -0.15) is 0 Å². The van der Waals surface area contributed by atoms with Crippen LogP contribution in [0.25, 0.3) is 11.3 Å². The van der Waals surface area contributed by atoms with E-state index in [1.807, 2.05) is 0 Å². The molecule has 6 nitrogen and oxygen atoms in total. The number of nitrogens with one attached hydrogen (secondary N) is 1. The maximum Gasteiger partial charge on any atom is 0.289 e. The molecule has 1 fully saturated rings. The minimum atomic E-state index is -0.325. The molecule has 0 radical (unpaired) electrons. The third kappa shape index (κ3) is 5.33. The van der Waals surface area contributed by atoms with E-state index in [2.05, 4.69) is 5.32 Å². The highest BCUT2D eigenvalue weighted by Crippen LogP contribution is 2.25. The van der Waals surface area contributed by atoms with Gasteiger partial charge in [-0.1, -0.05) is 0 Å². The molecule has 0 spiro atoms. The lowest BCUT2D eigenvalue weighted by Crippen LogP contribution is -2.49. The number of likely N-dealkylation sites (tertiary alicyclic amines) is 1. The molecule has 152 valence electrons. The molecular formula is C20H25ClFN3O3. The number of furan rings is 1. The van der Waals surface area contributed by atoms with Gasteiger partial charge in [0, 0.05) is 37.7 Å². The van der Waals surface area contributed by atoms with Gasteiger partial charge in [-0.3, -0.25) is 9.59 Å². The summed E-state index contributed by atoms with van der Waals surface area (Å²) in [5, 5.41) is 2.85. The molecule has 1 saturated heterocycles. The highest BCUT2D eigenvalue weighted by atomic mass is 35.5. The quantitative estimate of drug-likeness (QED) is 0.767. The molecule has 1 aliphatic heterocycles. The van der Waals surface area contributed by atoms with E-state index in [4.69, 9.17) is 10.2 Å². The molecule has 28 heavy (non-hydrogen) atoms. The van der Waals surface area contributed by atoms with Gasteiger partial charge in [0.1, 0.15) is 11.6 Å². The first kappa shape index (κ1) is 21.9. The number of halogens is 2. The summed E-state index contributed by atoms with van der Waals surface area (Å²) < 4.78 is 18.8. The van der Waals surface area contributed by atoms with Gasteiger partial charge in [0.25, 0.3) is 5.91 Å². The first-order chi connectivity index (χ1) is 13.1. The third-order valence-electron chi connectivity index (χ3n) is 4.74. The number of hydrogen-bond donors (Lipinski definition) is 2. The van der Waals surface area contributed by atoms with Crippen LogP contribution in [0.15, 0.2) is 40.8 Å². The lowest BCUT2D eigenvalue weighted by Gasteiger charge is -2.35. The zero-order valence-electron chi connectivity index (χ0n) is 15.5. The van der Waals surface area contributed by atoms with Crippen LogP contribution in [0.3, 0.4) is 0 Å². The maximum atomic E-state index is 13.1. The molecule has 1 unspecified atom stereocenters. The largest absolute Gasteiger partial charge is 0.451 e. The van der Waals surface area contributed by atoms with Crippen LogP contribution < -0.4 is 11.1 Å². The Morgan fingerprint density at radius 2 is 1.93 bits per heavy atom. The Balaban J connectivity index is 0.00000280. The minimum Gasteiger partial charge on any atom is -0.451 e. The average molecular weight is 410 g/mol. The van der Waals surface area contributed by atoms with E-state index >= 15 is 0 Å². The average Bonchev–Trinajstić information content (AvgIpc) is 3.17. The topological polar surface area (TPSA) is 88.6 Å². The fraction of sp³-hybridized carbons (Fsp3) is 0.400. The summed E-state index contributed by atoms with van der Waals surface area (Å²) in [5.74, 6) is 0.139. The van der Waals surface area contributed by atoms with Crippen LogP contribution in [0.2, 0.25) is 0 Å². The Hall–Kier alpha value is -2.38. The number of carbonyl (C=O) groups is 2. The van der Waals surface area contributed by atoms with Crippen molar-refractivity contribution in [2.45, 2.75) is 31.7 Å². The van der Waals surface area contributed by atoms with Gasteiger partial charge in [0.15, 0.2) is 5.76 Å². The zero-order valence-corrected chi connectivity index (χ0v) is 16.3. The summed E-state index contributed by atoms with van der Waals surface area (Å²) in [7, 11) is 0. The third-order valence-corrected chi connectivity index (χ3v) is 4.74. The molecular weight excluding hydrogens is 385 g/mol. The molecule has 1 atom stereocenters. The predicted molar refractivity (Wildman–Crippen MR) is 107 cm³/mol. The van der Waals surface area contributed by atoms with Crippen molar-refractivity contribution in [2.75, 3.05) is 19.6 Å². The lowest BCUT2D eigenvalue weighted by molar-refractivity contribution is -0.121. The Bertz CT molecular complexity index is 794. The fourth-order valence-corrected chi connectivity index (χ4v) is 3.29. The van der Waals surface area contributed by atoms with Gasteiger partial charge in [-0.25, -0.2) is 4.39 Å². The van der Waals surface area contributed by atoms with Crippen LogP contribution in [0.1, 0.15) is 36.2 Å². The molecule has 8 heteroatoms. The molecule has 2 heterocycles. The van der Waals surface area contributed by atoms with Crippen molar-refractivity contribution in [2.24, 2.45) is 5.73 Å². The molecule has 0 aliphatic carbocycles. The molecule has 2 aromatic rings. The van der Waals surface area contributed by atoms with Gasteiger partial charge in [0.05, 0.1) is 0 Å². The van der Waals surface area contributed by atoms with Crippen molar-refractivity contribution < 1.29 is 18.4 Å². The van der Waals surface area contributed by atoms with E-state index in [9.17, 15) is 14.0 Å². The van der Waals surface area contributed by atoms with Crippen molar-refractivity contribution in [1.29, 1.82) is 0 Å². The fourth-order valence-electron chi connectivity index (χ4n) is 3.29. The first-order valence-corrected chi connectivity index (χ1v) is 9.22. The summed E-state index contributed by atoms with van der Waals surface area (Å²) in [6.45, 7) is 1.34. The summed E-state index contributed by atoms with van der Waals surface area (Å²) in [5.41, 5.74) is 6.10. The van der Waals surface area contributed by atoms with Gasteiger partial charge < -0.3 is 20.4 Å². The standard InChI is InChI=1S/C20H24FN3O3.ClH/c21-15-6-4-14(5-7-15)17-8-9-18(27-17)20(26)24-12-2-1-3-16(24)13-23-19(25)10-11-22;/h4-9,16H,1-3,10-13,22H2,(H,23,25);1H. The minimum absolute atomic E-state index is 0. The Kier molecular flexibility index (Phi) is 8.02. The van der Waals surface area contributed by atoms with Gasteiger partial charge in [-0.15, -0.1) is 12.4 Å². The van der Waals surface area contributed by atoms with E-state index in [0.29, 0.717) is 31.0 Å². The summed E-state index contributed by atoms with van der Waals surface area (Å²) in [6, 6.07) is 9.21. The summed E-state index contributed by atoms with van der Waals surface area (Å²) >= 11 is 0. The lowest BCUT2D eigenvalue weighted by atomic mass is 10.0. The van der Waals surface area contributed by atoms with Crippen molar-refractivity contribution in [1.82, 2.24) is 10.2 Å². The Labute approximate surface area is 169 Å². The molecule has 0 saturated carbocycles. The maximum absolute atomic E-state index is 13.1. The van der Waals surface area contributed by atoms with Crippen LogP contribution in [-0.2, 0) is 4.79 Å². The predicted octanol–water partition coefficient (Wildman–Crippen LogP) is 2.97. The smallest absolute Gasteiger partial charge is 0.289 e. The molecule has 3 rings (SSSR count). The number of hydrogen-bond acceptors (Lipinski definition) is 4. The highest BCUT2D eigenvalue weighted by molar-refractivity contribution is 5.92. The summed E-state index contributed by atoms with van der Waals surface area (Å²) in [4.78, 5) is 26.4. The van der Waals surface area contributed by atoms with Crippen molar-refractivity contribution in [3.63, 3.8) is 0 Å². The second-order valence-corrected chi connectivity index (χ2v) is 6.66. The molecule has 2 amide bonds. The number of benzene rings is 1. The number of carbonyl (C=O) groups excluding carboxylic acids is 2. The Morgan fingerprint density at radius 3 is 2.64 bits per heavy atom. The van der Waals surface area contributed by atoms with Crippen molar-refractivity contribution in [3.05, 3.63) is 48.0 Å². The van der Waals surface area contributed by atoms with Crippen LogP contribution in [0.5, 0.6) is 0 Å². The first-order valence-electron chi connectivity index (χ1n) is 9.22. The van der Waals surface area contributed by atoms with Crippen LogP contribution in [0.4, 0.5) is 4.39 Å². The highest BCUT2D eigenvalue weighted by Gasteiger charge is 2.29. The molecule has 1 aromatic carbocycles. The van der Waals surface area contributed by atoms with E-state index in [0.717, 1.165) is 19.3 Å². The normalized spacial score (nSPS) is 16.4. The monoisotopic (exact) mass is 409 g/mol. The van der Waals surface area contributed by atoms with Crippen LogP contribution >= 0.6 is 12.4 Å². The number of nitrogens with two attached hydrogens (primary N) is 1. The SMILES string of the molecule is Cl.NCCC(=O)NCC1CCCCN1C(=O)c1ccc(-c2ccc(F)cc2)o1.